The van der Waals surface area contributed by atoms with Gasteiger partial charge in [-0.15, -0.1) is 5.10 Å². The Morgan fingerprint density at radius 3 is 2.49 bits per heavy atom. The van der Waals surface area contributed by atoms with E-state index in [1.165, 1.54) is 32.1 Å². The van der Waals surface area contributed by atoms with E-state index >= 15 is 0 Å². The molecule has 1 aliphatic heterocycles. The van der Waals surface area contributed by atoms with Crippen LogP contribution >= 0.6 is 0 Å². The van der Waals surface area contributed by atoms with E-state index in [9.17, 15) is 9.59 Å². The number of aromatic amines is 1. The van der Waals surface area contributed by atoms with Gasteiger partial charge in [0.1, 0.15) is 17.3 Å². The van der Waals surface area contributed by atoms with E-state index in [4.69, 9.17) is 15.7 Å². The number of nitrogens with two attached hydrogens (primary N) is 1. The molecular formula is C41H58N14O2. The molecule has 5 aromatic rings. The third kappa shape index (κ3) is 11.7. The number of rotatable bonds is 20. The minimum atomic E-state index is -0.779. The Hall–Kier alpha value is -5.19. The van der Waals surface area contributed by atoms with Crippen molar-refractivity contribution >= 4 is 45.5 Å². The molecule has 0 radical (unpaired) electrons. The van der Waals surface area contributed by atoms with Crippen LogP contribution in [0.25, 0.3) is 21.9 Å². The zero-order chi connectivity index (χ0) is 39.2. The predicted octanol–water partition coefficient (Wildman–Crippen LogP) is 3.83. The zero-order valence-electron chi connectivity index (χ0n) is 32.9. The highest BCUT2D eigenvalue weighted by atomic mass is 16.2. The number of carbonyl (C=O) groups is 2. The van der Waals surface area contributed by atoms with Crippen LogP contribution in [0.2, 0.25) is 0 Å². The smallest absolute Gasteiger partial charge is 0.237 e. The number of nitrogens with one attached hydrogen (secondary N) is 6. The SMILES string of the molecule is N[C@@H](CCC(=O)N1CCC(Nc2nc(NCc3cn(CCCNCCCNC4CCCCC4)nn3)nc3ccccc23)CC1)C(=O)NCc1nc2ccccc2[nH]1. The molecule has 1 atom stereocenters. The fraction of sp³-hybridized carbons (Fsp3) is 0.537. The second-order valence-electron chi connectivity index (χ2n) is 15.3. The van der Waals surface area contributed by atoms with Crippen molar-refractivity contribution in [1.82, 2.24) is 55.8 Å². The maximum atomic E-state index is 13.1. The number of benzene rings is 2. The minimum absolute atomic E-state index is 0.00885. The average Bonchev–Trinajstić information content (AvgIpc) is 3.89. The van der Waals surface area contributed by atoms with E-state index in [1.54, 1.807) is 0 Å². The van der Waals surface area contributed by atoms with Gasteiger partial charge >= 0.3 is 0 Å². The molecule has 8 N–H and O–H groups in total. The lowest BCUT2D eigenvalue weighted by molar-refractivity contribution is -0.132. The van der Waals surface area contributed by atoms with Gasteiger partial charge in [0, 0.05) is 43.5 Å². The number of piperidine rings is 1. The monoisotopic (exact) mass is 778 g/mol. The highest BCUT2D eigenvalue weighted by molar-refractivity contribution is 5.90. The number of hydrogen-bond donors (Lipinski definition) is 7. The third-order valence-electron chi connectivity index (χ3n) is 11.0. The molecule has 2 amide bonds. The van der Waals surface area contributed by atoms with Gasteiger partial charge in [0.05, 0.1) is 41.9 Å². The molecule has 0 bridgehead atoms. The first-order valence-corrected chi connectivity index (χ1v) is 20.8. The summed E-state index contributed by atoms with van der Waals surface area (Å²) in [5, 5.41) is 26.7. The maximum absolute atomic E-state index is 13.1. The van der Waals surface area contributed by atoms with Crippen molar-refractivity contribution < 1.29 is 9.59 Å². The summed E-state index contributed by atoms with van der Waals surface area (Å²) < 4.78 is 1.89. The molecular weight excluding hydrogens is 721 g/mol. The number of hydrogen-bond acceptors (Lipinski definition) is 12. The number of aryl methyl sites for hydroxylation is 1. The molecule has 1 saturated carbocycles. The summed E-state index contributed by atoms with van der Waals surface area (Å²) in [5.41, 5.74) is 9.57. The molecule has 304 valence electrons. The van der Waals surface area contributed by atoms with E-state index in [2.05, 4.69) is 46.9 Å². The largest absolute Gasteiger partial charge is 0.367 e. The molecule has 7 rings (SSSR count). The van der Waals surface area contributed by atoms with Gasteiger partial charge in [-0.3, -0.25) is 14.3 Å². The Morgan fingerprint density at radius 2 is 1.65 bits per heavy atom. The number of aromatic nitrogens is 7. The first-order valence-electron chi connectivity index (χ1n) is 20.8. The standard InChI is InChI=1S/C41H58N14O2/c42-33(40(57)45-27-37-48-35-14-6-7-15-36(35)49-37)16-17-38(56)54-24-18-30(19-25-54)47-39-32-12-4-5-13-34(32)50-41(51-39)46-26-31-28-55(53-52-31)23-9-21-43-20-8-22-44-29-10-2-1-3-11-29/h4-7,12-15,28-30,33,43-44H,1-3,8-11,16-27,42H2,(H,45,57)(H,48,49)(H2,46,47,50,51)/t33-/m0/s1. The van der Waals surface area contributed by atoms with E-state index in [0.29, 0.717) is 31.4 Å². The molecule has 16 heteroatoms. The van der Waals surface area contributed by atoms with Crippen molar-refractivity contribution in [3.63, 3.8) is 0 Å². The van der Waals surface area contributed by atoms with Crippen LogP contribution in [0.15, 0.2) is 54.7 Å². The topological polar surface area (TPSA) is 209 Å². The molecule has 0 unspecified atom stereocenters. The van der Waals surface area contributed by atoms with Gasteiger partial charge in [0.15, 0.2) is 0 Å². The van der Waals surface area contributed by atoms with Crippen LogP contribution in [-0.2, 0) is 29.2 Å². The quantitative estimate of drug-likeness (QED) is 0.0563. The number of carbonyl (C=O) groups excluding carboxylic acids is 2. The van der Waals surface area contributed by atoms with Gasteiger partial charge in [-0.05, 0) is 88.8 Å². The van der Waals surface area contributed by atoms with Gasteiger partial charge < -0.3 is 42.2 Å². The number of imidazole rings is 1. The zero-order valence-corrected chi connectivity index (χ0v) is 32.9. The fourth-order valence-electron chi connectivity index (χ4n) is 7.71. The lowest BCUT2D eigenvalue weighted by Gasteiger charge is -2.33. The Kier molecular flexibility index (Phi) is 14.3. The van der Waals surface area contributed by atoms with Gasteiger partial charge in [0.25, 0.3) is 0 Å². The van der Waals surface area contributed by atoms with E-state index < -0.39 is 6.04 Å². The van der Waals surface area contributed by atoms with Crippen molar-refractivity contribution in [2.75, 3.05) is 43.4 Å². The molecule has 16 nitrogen and oxygen atoms in total. The molecule has 2 aliphatic rings. The Bertz CT molecular complexity index is 2000. The van der Waals surface area contributed by atoms with Crippen molar-refractivity contribution in [3.05, 3.63) is 66.2 Å². The second kappa shape index (κ2) is 20.3. The van der Waals surface area contributed by atoms with Crippen molar-refractivity contribution in [2.45, 2.75) is 108 Å². The van der Waals surface area contributed by atoms with E-state index in [0.717, 1.165) is 91.4 Å². The molecule has 4 heterocycles. The number of nitrogens with zero attached hydrogens (tertiary/aromatic N) is 7. The summed E-state index contributed by atoms with van der Waals surface area (Å²) in [7, 11) is 0. The van der Waals surface area contributed by atoms with Crippen LogP contribution in [0, 0.1) is 0 Å². The normalized spacial score (nSPS) is 15.9. The molecule has 1 saturated heterocycles. The van der Waals surface area contributed by atoms with Crippen LogP contribution in [0.5, 0.6) is 0 Å². The first kappa shape index (κ1) is 40.0. The first-order chi connectivity index (χ1) is 28.0. The molecule has 1 aliphatic carbocycles. The van der Waals surface area contributed by atoms with E-state index in [-0.39, 0.29) is 37.2 Å². The van der Waals surface area contributed by atoms with Gasteiger partial charge in [0.2, 0.25) is 17.8 Å². The second-order valence-corrected chi connectivity index (χ2v) is 15.3. The van der Waals surface area contributed by atoms with Crippen molar-refractivity contribution in [2.24, 2.45) is 5.73 Å². The summed E-state index contributed by atoms with van der Waals surface area (Å²) in [6.45, 7) is 5.80. The lowest BCUT2D eigenvalue weighted by atomic mass is 9.95. The Balaban J connectivity index is 0.806. The summed E-state index contributed by atoms with van der Waals surface area (Å²) >= 11 is 0. The Morgan fingerprint density at radius 1 is 0.860 bits per heavy atom. The number of anilines is 2. The number of likely N-dealkylation sites (tertiary alicyclic amines) is 1. The highest BCUT2D eigenvalue weighted by Crippen LogP contribution is 2.25. The summed E-state index contributed by atoms with van der Waals surface area (Å²) in [4.78, 5) is 44.9. The summed E-state index contributed by atoms with van der Waals surface area (Å²) in [6, 6.07) is 15.7. The number of para-hydroxylation sites is 3. The number of amides is 2. The lowest BCUT2D eigenvalue weighted by Crippen LogP contribution is -2.44. The van der Waals surface area contributed by atoms with Gasteiger partial charge in [-0.25, -0.2) is 9.97 Å². The Labute approximate surface area is 333 Å². The van der Waals surface area contributed by atoms with Crippen LogP contribution in [-0.4, -0.2) is 102 Å². The van der Waals surface area contributed by atoms with Gasteiger partial charge in [-0.2, -0.15) is 4.98 Å². The molecule has 57 heavy (non-hydrogen) atoms. The molecule has 2 fully saturated rings. The van der Waals surface area contributed by atoms with Crippen molar-refractivity contribution in [1.29, 1.82) is 0 Å². The third-order valence-corrected chi connectivity index (χ3v) is 11.0. The molecule has 3 aromatic heterocycles. The minimum Gasteiger partial charge on any atom is -0.367 e. The van der Waals surface area contributed by atoms with Crippen LogP contribution in [0.3, 0.4) is 0 Å². The van der Waals surface area contributed by atoms with Crippen LogP contribution in [0.4, 0.5) is 11.8 Å². The molecule has 2 aromatic carbocycles. The van der Waals surface area contributed by atoms with Crippen LogP contribution < -0.4 is 32.3 Å². The number of H-pyrrole nitrogens is 1. The maximum Gasteiger partial charge on any atom is 0.237 e. The fourth-order valence-corrected chi connectivity index (χ4v) is 7.71. The highest BCUT2D eigenvalue weighted by Gasteiger charge is 2.25. The van der Waals surface area contributed by atoms with Crippen LogP contribution in [0.1, 0.15) is 82.1 Å². The van der Waals surface area contributed by atoms with Crippen molar-refractivity contribution in [3.8, 4) is 0 Å². The predicted molar refractivity (Wildman–Crippen MR) is 222 cm³/mol. The summed E-state index contributed by atoms with van der Waals surface area (Å²) in [6.07, 6.45) is 12.9. The number of fused-ring (bicyclic) bond motifs is 2. The molecule has 0 spiro atoms. The average molecular weight is 779 g/mol. The van der Waals surface area contributed by atoms with E-state index in [1.807, 2.05) is 64.3 Å². The van der Waals surface area contributed by atoms with Gasteiger partial charge in [-0.1, -0.05) is 48.7 Å². The summed E-state index contributed by atoms with van der Waals surface area (Å²) in [5.74, 6) is 1.64.